The van der Waals surface area contributed by atoms with E-state index in [1.807, 2.05) is 78.0 Å². The van der Waals surface area contributed by atoms with E-state index in [0.29, 0.717) is 25.4 Å². The molecular weight excluding hydrogens is 398 g/mol. The number of benzene rings is 2. The fraction of sp³-hybridized carbons (Fsp3) is 0.304. The van der Waals surface area contributed by atoms with Crippen LogP contribution in [0.2, 0.25) is 0 Å². The molecule has 1 heterocycles. The van der Waals surface area contributed by atoms with E-state index in [1.54, 1.807) is 7.11 Å². The van der Waals surface area contributed by atoms with E-state index in [0.717, 1.165) is 27.2 Å². The molecule has 0 aliphatic carbocycles. The van der Waals surface area contributed by atoms with Crippen molar-refractivity contribution in [2.24, 2.45) is 0 Å². The quantitative estimate of drug-likeness (QED) is 0.521. The number of carbonyl (C=O) groups excluding carboxylic acids is 2. The molecule has 1 aromatic heterocycles. The molecule has 0 spiro atoms. The summed E-state index contributed by atoms with van der Waals surface area (Å²) >= 11 is 1.46. The average Bonchev–Trinajstić information content (AvgIpc) is 3.15. The number of hydrogen-bond donors (Lipinski definition) is 1. The normalized spacial score (nSPS) is 10.8. The van der Waals surface area contributed by atoms with Crippen LogP contribution in [0, 0.1) is 0 Å². The minimum atomic E-state index is -0.0710. The zero-order valence-corrected chi connectivity index (χ0v) is 18.4. The number of anilines is 1. The van der Waals surface area contributed by atoms with E-state index in [1.165, 1.54) is 11.8 Å². The molecule has 0 saturated carbocycles. The smallest absolute Gasteiger partial charge is 0.242 e. The first-order valence-corrected chi connectivity index (χ1v) is 11.0. The Morgan fingerprint density at radius 1 is 1.10 bits per heavy atom. The van der Waals surface area contributed by atoms with E-state index in [4.69, 9.17) is 4.74 Å². The molecule has 0 radical (unpaired) electrons. The Bertz CT molecular complexity index is 1030. The number of rotatable bonds is 9. The van der Waals surface area contributed by atoms with Crippen LogP contribution in [0.25, 0.3) is 10.9 Å². The molecule has 1 N–H and O–H groups in total. The number of fused-ring (bicyclic) bond motifs is 1. The number of nitrogens with zero attached hydrogens (tertiary/aromatic N) is 2. The summed E-state index contributed by atoms with van der Waals surface area (Å²) in [6, 6.07) is 15.3. The summed E-state index contributed by atoms with van der Waals surface area (Å²) in [4.78, 5) is 27.5. The highest BCUT2D eigenvalue weighted by molar-refractivity contribution is 8.00. The molecule has 3 aromatic rings. The molecule has 7 heteroatoms. The molecule has 0 saturated heterocycles. The number of aromatic nitrogens is 1. The Hall–Kier alpha value is -2.93. The van der Waals surface area contributed by atoms with Gasteiger partial charge in [0, 0.05) is 40.8 Å². The van der Waals surface area contributed by atoms with Gasteiger partial charge in [-0.2, -0.15) is 0 Å². The second-order valence-corrected chi connectivity index (χ2v) is 7.85. The van der Waals surface area contributed by atoms with Gasteiger partial charge in [0.1, 0.15) is 12.3 Å². The number of ether oxygens (including phenoxy) is 1. The largest absolute Gasteiger partial charge is 0.497 e. The van der Waals surface area contributed by atoms with E-state index in [-0.39, 0.29) is 11.8 Å². The molecule has 0 atom stereocenters. The zero-order valence-electron chi connectivity index (χ0n) is 17.6. The van der Waals surface area contributed by atoms with Crippen molar-refractivity contribution in [3.63, 3.8) is 0 Å². The van der Waals surface area contributed by atoms with Crippen LogP contribution in [0.4, 0.5) is 5.69 Å². The second kappa shape index (κ2) is 10.2. The molecule has 2 amide bonds. The summed E-state index contributed by atoms with van der Waals surface area (Å²) in [5.74, 6) is 1.11. The first kappa shape index (κ1) is 21.8. The number of thioether (sulfide) groups is 1. The van der Waals surface area contributed by atoms with E-state index >= 15 is 0 Å². The first-order chi connectivity index (χ1) is 14.5. The van der Waals surface area contributed by atoms with Crippen molar-refractivity contribution in [2.45, 2.75) is 25.3 Å². The van der Waals surface area contributed by atoms with Gasteiger partial charge in [0.25, 0.3) is 0 Å². The Kier molecular flexibility index (Phi) is 7.41. The minimum absolute atomic E-state index is 0.0710. The Labute approximate surface area is 181 Å². The van der Waals surface area contributed by atoms with Crippen LogP contribution < -0.4 is 10.1 Å². The summed E-state index contributed by atoms with van der Waals surface area (Å²) in [6.07, 6.45) is 1.91. The molecule has 158 valence electrons. The standard InChI is InChI=1S/C23H27N3O3S/c1-4-25(5-2)23(28)15-26-12-11-17-13-18(9-10-21(17)26)24-22(27)16-30-20-8-6-7-19(14-20)29-3/h6-14H,4-5,15-16H2,1-3H3,(H,24,27). The average molecular weight is 426 g/mol. The zero-order chi connectivity index (χ0) is 21.5. The number of carbonyl (C=O) groups is 2. The molecule has 0 fully saturated rings. The topological polar surface area (TPSA) is 63.6 Å². The maximum absolute atomic E-state index is 12.4. The number of methoxy groups -OCH3 is 1. The van der Waals surface area contributed by atoms with Crippen molar-refractivity contribution in [1.82, 2.24) is 9.47 Å². The second-order valence-electron chi connectivity index (χ2n) is 6.80. The Balaban J connectivity index is 1.61. The van der Waals surface area contributed by atoms with Crippen LogP contribution in [-0.4, -0.2) is 47.2 Å². The number of hydrogen-bond acceptors (Lipinski definition) is 4. The van der Waals surface area contributed by atoms with Crippen LogP contribution in [0.5, 0.6) is 5.75 Å². The summed E-state index contributed by atoms with van der Waals surface area (Å²) in [6.45, 7) is 5.69. The molecule has 30 heavy (non-hydrogen) atoms. The lowest BCUT2D eigenvalue weighted by molar-refractivity contribution is -0.131. The third-order valence-electron chi connectivity index (χ3n) is 4.89. The highest BCUT2D eigenvalue weighted by Crippen LogP contribution is 2.24. The van der Waals surface area contributed by atoms with Gasteiger partial charge in [-0.15, -0.1) is 11.8 Å². The molecule has 2 aromatic carbocycles. The van der Waals surface area contributed by atoms with Crippen molar-refractivity contribution in [3.05, 3.63) is 54.7 Å². The highest BCUT2D eigenvalue weighted by atomic mass is 32.2. The van der Waals surface area contributed by atoms with Gasteiger partial charge >= 0.3 is 0 Å². The van der Waals surface area contributed by atoms with Crippen LogP contribution >= 0.6 is 11.8 Å². The molecule has 0 aliphatic rings. The molecule has 6 nitrogen and oxygen atoms in total. The molecular formula is C23H27N3O3S. The van der Waals surface area contributed by atoms with Crippen LogP contribution in [-0.2, 0) is 16.1 Å². The maximum Gasteiger partial charge on any atom is 0.242 e. The minimum Gasteiger partial charge on any atom is -0.497 e. The van der Waals surface area contributed by atoms with Crippen LogP contribution in [0.15, 0.2) is 59.6 Å². The third kappa shape index (κ3) is 5.36. The summed E-state index contributed by atoms with van der Waals surface area (Å²) < 4.78 is 7.15. The SMILES string of the molecule is CCN(CC)C(=O)Cn1ccc2cc(NC(=O)CSc3cccc(OC)c3)ccc21. The molecule has 0 aliphatic heterocycles. The number of amides is 2. The third-order valence-corrected chi connectivity index (χ3v) is 5.88. The molecule has 0 unspecified atom stereocenters. The summed E-state index contributed by atoms with van der Waals surface area (Å²) in [5, 5.41) is 3.93. The predicted octanol–water partition coefficient (Wildman–Crippen LogP) is 4.25. The van der Waals surface area contributed by atoms with Gasteiger partial charge in [0.2, 0.25) is 11.8 Å². The molecule has 0 bridgehead atoms. The van der Waals surface area contributed by atoms with E-state index < -0.39 is 0 Å². The number of likely N-dealkylation sites (N-methyl/N-ethyl adjacent to an activating group) is 1. The van der Waals surface area contributed by atoms with E-state index in [9.17, 15) is 9.59 Å². The van der Waals surface area contributed by atoms with Gasteiger partial charge in [-0.1, -0.05) is 6.07 Å². The van der Waals surface area contributed by atoms with Crippen molar-refractivity contribution in [2.75, 3.05) is 31.3 Å². The van der Waals surface area contributed by atoms with Gasteiger partial charge in [-0.05, 0) is 56.3 Å². The van der Waals surface area contributed by atoms with Crippen molar-refractivity contribution in [1.29, 1.82) is 0 Å². The van der Waals surface area contributed by atoms with Crippen LogP contribution in [0.1, 0.15) is 13.8 Å². The van der Waals surface area contributed by atoms with Gasteiger partial charge < -0.3 is 19.5 Å². The fourth-order valence-corrected chi connectivity index (χ4v) is 4.02. The summed E-state index contributed by atoms with van der Waals surface area (Å²) in [5.41, 5.74) is 1.71. The lowest BCUT2D eigenvalue weighted by Crippen LogP contribution is -2.33. The monoisotopic (exact) mass is 425 g/mol. The van der Waals surface area contributed by atoms with Crippen molar-refractivity contribution >= 4 is 40.2 Å². The van der Waals surface area contributed by atoms with Crippen molar-refractivity contribution in [3.8, 4) is 5.75 Å². The number of nitrogens with one attached hydrogen (secondary N) is 1. The highest BCUT2D eigenvalue weighted by Gasteiger charge is 2.12. The maximum atomic E-state index is 12.4. The van der Waals surface area contributed by atoms with Gasteiger partial charge in [0.05, 0.1) is 12.9 Å². The molecule has 3 rings (SSSR count). The van der Waals surface area contributed by atoms with Crippen LogP contribution in [0.3, 0.4) is 0 Å². The van der Waals surface area contributed by atoms with Gasteiger partial charge in [-0.25, -0.2) is 0 Å². The summed E-state index contributed by atoms with van der Waals surface area (Å²) in [7, 11) is 1.62. The fourth-order valence-electron chi connectivity index (χ4n) is 3.27. The Morgan fingerprint density at radius 2 is 1.90 bits per heavy atom. The first-order valence-electron chi connectivity index (χ1n) is 9.97. The van der Waals surface area contributed by atoms with Gasteiger partial charge in [0.15, 0.2) is 0 Å². The lowest BCUT2D eigenvalue weighted by Gasteiger charge is -2.19. The lowest BCUT2D eigenvalue weighted by atomic mass is 10.2. The van der Waals surface area contributed by atoms with E-state index in [2.05, 4.69) is 5.32 Å². The Morgan fingerprint density at radius 3 is 2.63 bits per heavy atom. The van der Waals surface area contributed by atoms with Gasteiger partial charge in [-0.3, -0.25) is 9.59 Å². The van der Waals surface area contributed by atoms with Crippen molar-refractivity contribution < 1.29 is 14.3 Å². The predicted molar refractivity (Wildman–Crippen MR) is 122 cm³/mol.